The molecular weight excluding hydrogens is 242 g/mol. The average molecular weight is 254 g/mol. The summed E-state index contributed by atoms with van der Waals surface area (Å²) in [4.78, 5) is 11.9. The molecule has 1 N–H and O–H groups in total. The first-order valence-electron chi connectivity index (χ1n) is 4.98. The van der Waals surface area contributed by atoms with Crippen molar-refractivity contribution in [2.75, 3.05) is 5.32 Å². The third-order valence-electron chi connectivity index (χ3n) is 2.48. The summed E-state index contributed by atoms with van der Waals surface area (Å²) in [7, 11) is 3.51. The highest BCUT2D eigenvalue weighted by Gasteiger charge is 2.16. The fraction of sp³-hybridized carbons (Fsp3) is 0.300. The van der Waals surface area contributed by atoms with Gasteiger partial charge in [0, 0.05) is 20.3 Å². The van der Waals surface area contributed by atoms with Crippen LogP contribution in [-0.2, 0) is 14.1 Å². The molecule has 0 radical (unpaired) electrons. The molecule has 2 heterocycles. The van der Waals surface area contributed by atoms with Gasteiger partial charge in [0.1, 0.15) is 0 Å². The van der Waals surface area contributed by atoms with Gasteiger partial charge >= 0.3 is 0 Å². The molecule has 17 heavy (non-hydrogen) atoms. The van der Waals surface area contributed by atoms with Crippen molar-refractivity contribution in [3.63, 3.8) is 0 Å². The van der Waals surface area contributed by atoms with Crippen LogP contribution in [0.5, 0.6) is 0 Å². The Labute approximate surface area is 103 Å². The smallest absolute Gasteiger partial charge is 0.277 e. The van der Waals surface area contributed by atoms with Gasteiger partial charge in [0.2, 0.25) is 0 Å². The highest BCUT2D eigenvalue weighted by Crippen LogP contribution is 2.17. The fourth-order valence-corrected chi connectivity index (χ4v) is 1.68. The number of hydrogen-bond acceptors (Lipinski definition) is 3. The van der Waals surface area contributed by atoms with Gasteiger partial charge in [-0.1, -0.05) is 11.6 Å². The summed E-state index contributed by atoms with van der Waals surface area (Å²) in [6.07, 6.45) is 3.16. The van der Waals surface area contributed by atoms with Crippen molar-refractivity contribution in [1.82, 2.24) is 19.6 Å². The number of nitrogens with zero attached hydrogens (tertiary/aromatic N) is 4. The van der Waals surface area contributed by atoms with Crippen LogP contribution in [0.2, 0.25) is 5.02 Å². The zero-order valence-electron chi connectivity index (χ0n) is 9.73. The van der Waals surface area contributed by atoms with Crippen LogP contribution in [0.4, 0.5) is 5.69 Å². The molecule has 0 spiro atoms. The maximum absolute atomic E-state index is 11.9. The Morgan fingerprint density at radius 3 is 2.65 bits per heavy atom. The molecule has 0 unspecified atom stereocenters. The highest BCUT2D eigenvalue weighted by molar-refractivity contribution is 6.34. The van der Waals surface area contributed by atoms with Gasteiger partial charge in [0.15, 0.2) is 5.69 Å². The van der Waals surface area contributed by atoms with E-state index in [0.717, 1.165) is 5.69 Å². The van der Waals surface area contributed by atoms with E-state index in [0.29, 0.717) is 10.7 Å². The van der Waals surface area contributed by atoms with E-state index in [9.17, 15) is 4.79 Å². The van der Waals surface area contributed by atoms with Crippen LogP contribution in [-0.4, -0.2) is 25.5 Å². The first-order chi connectivity index (χ1) is 7.99. The summed E-state index contributed by atoms with van der Waals surface area (Å²) >= 11 is 5.89. The lowest BCUT2D eigenvalue weighted by molar-refractivity contribution is 0.102. The molecule has 90 valence electrons. The van der Waals surface area contributed by atoms with Crippen LogP contribution < -0.4 is 5.32 Å². The molecule has 0 atom stereocenters. The fourth-order valence-electron chi connectivity index (χ4n) is 1.42. The zero-order chi connectivity index (χ0) is 12.6. The first kappa shape index (κ1) is 11.7. The lowest BCUT2D eigenvalue weighted by Crippen LogP contribution is -2.14. The molecule has 0 aliphatic carbocycles. The van der Waals surface area contributed by atoms with Crippen LogP contribution >= 0.6 is 11.6 Å². The molecule has 7 heteroatoms. The van der Waals surface area contributed by atoms with Gasteiger partial charge in [-0.2, -0.15) is 10.2 Å². The molecule has 0 saturated heterocycles. The maximum Gasteiger partial charge on any atom is 0.277 e. The number of anilines is 1. The van der Waals surface area contributed by atoms with E-state index in [-0.39, 0.29) is 11.6 Å². The molecule has 0 aromatic carbocycles. The predicted molar refractivity (Wildman–Crippen MR) is 64.1 cm³/mol. The second-order valence-electron chi connectivity index (χ2n) is 3.72. The summed E-state index contributed by atoms with van der Waals surface area (Å²) in [5.41, 5.74) is 1.72. The monoisotopic (exact) mass is 253 g/mol. The van der Waals surface area contributed by atoms with E-state index >= 15 is 0 Å². The Bertz CT molecular complexity index is 571. The second kappa shape index (κ2) is 4.21. The third kappa shape index (κ3) is 2.16. The van der Waals surface area contributed by atoms with E-state index in [1.807, 2.05) is 6.92 Å². The van der Waals surface area contributed by atoms with Gasteiger partial charge in [-0.25, -0.2) is 0 Å². The van der Waals surface area contributed by atoms with E-state index in [2.05, 4.69) is 15.5 Å². The quantitative estimate of drug-likeness (QED) is 0.879. The molecule has 0 bridgehead atoms. The van der Waals surface area contributed by atoms with Gasteiger partial charge < -0.3 is 5.32 Å². The summed E-state index contributed by atoms with van der Waals surface area (Å²) in [5, 5.41) is 11.1. The Morgan fingerprint density at radius 1 is 1.47 bits per heavy atom. The molecule has 2 aromatic heterocycles. The zero-order valence-corrected chi connectivity index (χ0v) is 10.5. The van der Waals surface area contributed by atoms with Crippen molar-refractivity contribution in [1.29, 1.82) is 0 Å². The second-order valence-corrected chi connectivity index (χ2v) is 4.13. The molecular formula is C10H12ClN5O. The number of amides is 1. The molecule has 1 amide bonds. The van der Waals surface area contributed by atoms with Gasteiger partial charge in [-0.15, -0.1) is 0 Å². The number of hydrogen-bond donors (Lipinski definition) is 1. The normalized spacial score (nSPS) is 10.6. The summed E-state index contributed by atoms with van der Waals surface area (Å²) < 4.78 is 3.17. The van der Waals surface area contributed by atoms with Gasteiger partial charge in [-0.3, -0.25) is 14.2 Å². The van der Waals surface area contributed by atoms with Crippen molar-refractivity contribution in [3.8, 4) is 0 Å². The molecule has 6 nitrogen and oxygen atoms in total. The number of aryl methyl sites for hydroxylation is 2. The van der Waals surface area contributed by atoms with Crippen LogP contribution in [0, 0.1) is 6.92 Å². The number of carbonyl (C=O) groups excluding carboxylic acids is 1. The summed E-state index contributed by atoms with van der Waals surface area (Å²) in [5.74, 6) is -0.341. The molecule has 0 aliphatic rings. The molecule has 0 aliphatic heterocycles. The van der Waals surface area contributed by atoms with Gasteiger partial charge in [0.25, 0.3) is 5.91 Å². The highest BCUT2D eigenvalue weighted by atomic mass is 35.5. The van der Waals surface area contributed by atoms with Crippen molar-refractivity contribution < 1.29 is 4.79 Å². The first-order valence-corrected chi connectivity index (χ1v) is 5.36. The third-order valence-corrected chi connectivity index (χ3v) is 2.76. The SMILES string of the molecule is Cc1c(NC(=O)c2nn(C)cc2Cl)cnn1C. The van der Waals surface area contributed by atoms with E-state index < -0.39 is 0 Å². The van der Waals surface area contributed by atoms with Crippen molar-refractivity contribution in [3.05, 3.63) is 28.8 Å². The van der Waals surface area contributed by atoms with Crippen molar-refractivity contribution in [2.45, 2.75) is 6.92 Å². The molecule has 0 fully saturated rings. The largest absolute Gasteiger partial charge is 0.318 e. The van der Waals surface area contributed by atoms with Crippen LogP contribution in [0.1, 0.15) is 16.2 Å². The number of halogens is 1. The van der Waals surface area contributed by atoms with Gasteiger partial charge in [0.05, 0.1) is 22.6 Å². The average Bonchev–Trinajstić information content (AvgIpc) is 2.75. The summed E-state index contributed by atoms with van der Waals surface area (Å²) in [6, 6.07) is 0. The lowest BCUT2D eigenvalue weighted by atomic mass is 10.3. The predicted octanol–water partition coefficient (Wildman–Crippen LogP) is 1.37. The summed E-state index contributed by atoms with van der Waals surface area (Å²) in [6.45, 7) is 1.86. The van der Waals surface area contributed by atoms with E-state index in [4.69, 9.17) is 11.6 Å². The van der Waals surface area contributed by atoms with Crippen LogP contribution in [0.25, 0.3) is 0 Å². The van der Waals surface area contributed by atoms with Crippen molar-refractivity contribution >= 4 is 23.2 Å². The minimum Gasteiger partial charge on any atom is -0.318 e. The van der Waals surface area contributed by atoms with E-state index in [1.165, 1.54) is 4.68 Å². The minimum absolute atomic E-state index is 0.206. The molecule has 2 rings (SSSR count). The van der Waals surface area contributed by atoms with Crippen LogP contribution in [0.15, 0.2) is 12.4 Å². The lowest BCUT2D eigenvalue weighted by Gasteiger charge is -2.02. The van der Waals surface area contributed by atoms with Crippen molar-refractivity contribution in [2.24, 2.45) is 14.1 Å². The number of aromatic nitrogens is 4. The maximum atomic E-state index is 11.9. The minimum atomic E-state index is -0.341. The number of nitrogens with one attached hydrogen (secondary N) is 1. The Morgan fingerprint density at radius 2 is 2.18 bits per heavy atom. The van der Waals surface area contributed by atoms with Gasteiger partial charge in [-0.05, 0) is 6.92 Å². The standard InChI is InChI=1S/C10H12ClN5O/c1-6-8(4-12-16(6)3)13-10(17)9-7(11)5-15(2)14-9/h4-5H,1-3H3,(H,13,17). The van der Waals surface area contributed by atoms with E-state index in [1.54, 1.807) is 31.2 Å². The molecule has 0 saturated carbocycles. The Balaban J connectivity index is 2.23. The Hall–Kier alpha value is -1.82. The molecule has 2 aromatic rings. The Kier molecular flexibility index (Phi) is 2.89. The number of carbonyl (C=O) groups is 1. The number of rotatable bonds is 2. The van der Waals surface area contributed by atoms with Crippen LogP contribution in [0.3, 0.4) is 0 Å². The topological polar surface area (TPSA) is 64.7 Å².